The minimum atomic E-state index is -1.09. The molecule has 0 radical (unpaired) electrons. The summed E-state index contributed by atoms with van der Waals surface area (Å²) in [5.74, 6) is -1.52. The van der Waals surface area contributed by atoms with Crippen molar-refractivity contribution in [3.8, 4) is 11.4 Å². The van der Waals surface area contributed by atoms with Gasteiger partial charge in [-0.2, -0.15) is 4.68 Å². The van der Waals surface area contributed by atoms with Crippen molar-refractivity contribution in [2.24, 2.45) is 0 Å². The standard InChI is InChI=1S/C21H23F2N5O3/c1-4-6-12-31-18-11-10-14(3)13-17(18)26(5-2)20(29)28-21(30)27(24-25-28)19-15(22)8-7-9-16(19)23/h7-11,13H,4-6,12H2,1-3H3. The van der Waals surface area contributed by atoms with E-state index in [1.807, 2.05) is 19.9 Å². The lowest BCUT2D eigenvalue weighted by Crippen LogP contribution is -2.41. The summed E-state index contributed by atoms with van der Waals surface area (Å²) in [6.07, 6.45) is 1.79. The molecule has 0 saturated carbocycles. The van der Waals surface area contributed by atoms with Crippen LogP contribution in [0.15, 0.2) is 41.2 Å². The number of anilines is 1. The summed E-state index contributed by atoms with van der Waals surface area (Å²) in [5, 5.41) is 7.05. The van der Waals surface area contributed by atoms with Crippen molar-refractivity contribution in [1.82, 2.24) is 19.8 Å². The largest absolute Gasteiger partial charge is 0.491 e. The van der Waals surface area contributed by atoms with E-state index < -0.39 is 29.0 Å². The van der Waals surface area contributed by atoms with Gasteiger partial charge in [0.25, 0.3) is 0 Å². The molecule has 0 saturated heterocycles. The normalized spacial score (nSPS) is 10.9. The zero-order chi connectivity index (χ0) is 22.5. The Morgan fingerprint density at radius 2 is 1.84 bits per heavy atom. The molecule has 1 aromatic heterocycles. The molecule has 0 N–H and O–H groups in total. The SMILES string of the molecule is CCCCOc1ccc(C)cc1N(CC)C(=O)n1nnn(-c2c(F)cccc2F)c1=O. The number of tetrazole rings is 1. The maximum absolute atomic E-state index is 14.1. The maximum atomic E-state index is 14.1. The zero-order valence-corrected chi connectivity index (χ0v) is 17.5. The minimum absolute atomic E-state index is 0.194. The number of amides is 1. The highest BCUT2D eigenvalue weighted by atomic mass is 19.1. The molecular weight excluding hydrogens is 408 g/mol. The number of benzene rings is 2. The molecule has 3 rings (SSSR count). The Labute approximate surface area is 177 Å². The number of hydrogen-bond donors (Lipinski definition) is 0. The summed E-state index contributed by atoms with van der Waals surface area (Å²) in [6, 6.07) is 7.67. The third-order valence-electron chi connectivity index (χ3n) is 4.62. The molecule has 10 heteroatoms. The van der Waals surface area contributed by atoms with Gasteiger partial charge >= 0.3 is 11.7 Å². The molecule has 0 aliphatic carbocycles. The summed E-state index contributed by atoms with van der Waals surface area (Å²) >= 11 is 0. The fraction of sp³-hybridized carbons (Fsp3) is 0.333. The van der Waals surface area contributed by atoms with E-state index in [9.17, 15) is 18.4 Å². The second-order valence-corrected chi connectivity index (χ2v) is 6.86. The molecule has 2 aromatic carbocycles. The number of rotatable bonds is 7. The molecule has 1 amide bonds. The molecule has 0 bridgehead atoms. The van der Waals surface area contributed by atoms with E-state index >= 15 is 0 Å². The molecule has 31 heavy (non-hydrogen) atoms. The third kappa shape index (κ3) is 4.47. The molecule has 3 aromatic rings. The lowest BCUT2D eigenvalue weighted by molar-refractivity contribution is 0.243. The highest BCUT2D eigenvalue weighted by Gasteiger charge is 2.26. The van der Waals surface area contributed by atoms with E-state index in [1.165, 1.54) is 4.90 Å². The van der Waals surface area contributed by atoms with Crippen LogP contribution < -0.4 is 15.3 Å². The molecule has 8 nitrogen and oxygen atoms in total. The van der Waals surface area contributed by atoms with Gasteiger partial charge in [0.2, 0.25) is 0 Å². The number of halogens is 2. The lowest BCUT2D eigenvalue weighted by atomic mass is 10.2. The molecule has 0 fully saturated rings. The first-order valence-corrected chi connectivity index (χ1v) is 9.93. The predicted molar refractivity (Wildman–Crippen MR) is 111 cm³/mol. The van der Waals surface area contributed by atoms with E-state index in [2.05, 4.69) is 10.4 Å². The first-order valence-electron chi connectivity index (χ1n) is 9.93. The monoisotopic (exact) mass is 431 g/mol. The molecule has 0 spiro atoms. The second-order valence-electron chi connectivity index (χ2n) is 6.86. The summed E-state index contributed by atoms with van der Waals surface area (Å²) < 4.78 is 34.8. The average Bonchev–Trinajstić information content (AvgIpc) is 3.11. The number of hydrogen-bond acceptors (Lipinski definition) is 5. The number of carbonyl (C=O) groups excluding carboxylic acids is 1. The molecule has 0 aliphatic heterocycles. The molecule has 0 unspecified atom stereocenters. The molecule has 164 valence electrons. The van der Waals surface area contributed by atoms with Crippen LogP contribution in [0, 0.1) is 18.6 Å². The topological polar surface area (TPSA) is 82.2 Å². The number of carbonyl (C=O) groups is 1. The lowest BCUT2D eigenvalue weighted by Gasteiger charge is -2.23. The Morgan fingerprint density at radius 1 is 1.13 bits per heavy atom. The fourth-order valence-electron chi connectivity index (χ4n) is 3.01. The maximum Gasteiger partial charge on any atom is 0.377 e. The zero-order valence-electron chi connectivity index (χ0n) is 17.5. The van der Waals surface area contributed by atoms with Crippen LogP contribution in [0.3, 0.4) is 0 Å². The van der Waals surface area contributed by atoms with Crippen molar-refractivity contribution >= 4 is 11.7 Å². The highest BCUT2D eigenvalue weighted by molar-refractivity contribution is 5.94. The summed E-state index contributed by atoms with van der Waals surface area (Å²) in [5.41, 5.74) is -0.446. The van der Waals surface area contributed by atoms with Crippen LogP contribution >= 0.6 is 0 Å². The quantitative estimate of drug-likeness (QED) is 0.421. The Morgan fingerprint density at radius 3 is 2.48 bits per heavy atom. The van der Waals surface area contributed by atoms with E-state index in [0.717, 1.165) is 36.6 Å². The Kier molecular flexibility index (Phi) is 6.78. The van der Waals surface area contributed by atoms with Gasteiger partial charge in [0, 0.05) is 6.54 Å². The van der Waals surface area contributed by atoms with Gasteiger partial charge < -0.3 is 4.74 Å². The van der Waals surface area contributed by atoms with Crippen LogP contribution in [0.5, 0.6) is 5.75 Å². The highest BCUT2D eigenvalue weighted by Crippen LogP contribution is 2.30. The van der Waals surface area contributed by atoms with Crippen molar-refractivity contribution in [3.05, 3.63) is 64.1 Å². The van der Waals surface area contributed by atoms with Gasteiger partial charge in [0.05, 0.1) is 12.3 Å². The van der Waals surface area contributed by atoms with E-state index in [4.69, 9.17) is 4.74 Å². The second kappa shape index (κ2) is 9.50. The van der Waals surface area contributed by atoms with Crippen LogP contribution in [0.25, 0.3) is 5.69 Å². The van der Waals surface area contributed by atoms with Crippen molar-refractivity contribution in [2.75, 3.05) is 18.1 Å². The molecular formula is C21H23F2N5O3. The van der Waals surface area contributed by atoms with Crippen molar-refractivity contribution < 1.29 is 18.3 Å². The smallest absolute Gasteiger partial charge is 0.377 e. The summed E-state index contributed by atoms with van der Waals surface area (Å²) in [7, 11) is 0. The van der Waals surface area contributed by atoms with E-state index in [0.29, 0.717) is 27.4 Å². The van der Waals surface area contributed by atoms with Crippen LogP contribution in [0.4, 0.5) is 19.3 Å². The third-order valence-corrected chi connectivity index (χ3v) is 4.62. The molecule has 0 atom stereocenters. The van der Waals surface area contributed by atoms with Crippen LogP contribution in [0.1, 0.15) is 32.3 Å². The Bertz CT molecular complexity index is 1120. The van der Waals surface area contributed by atoms with Gasteiger partial charge in [0.1, 0.15) is 11.4 Å². The van der Waals surface area contributed by atoms with Gasteiger partial charge in [-0.05, 0) is 60.5 Å². The van der Waals surface area contributed by atoms with Gasteiger partial charge in [-0.3, -0.25) is 4.90 Å². The van der Waals surface area contributed by atoms with E-state index in [-0.39, 0.29) is 6.54 Å². The molecule has 0 aliphatic rings. The number of nitrogens with zero attached hydrogens (tertiary/aromatic N) is 5. The number of para-hydroxylation sites is 1. The van der Waals surface area contributed by atoms with Gasteiger partial charge in [-0.25, -0.2) is 18.4 Å². The number of ether oxygens (including phenoxy) is 1. The number of aryl methyl sites for hydroxylation is 1. The average molecular weight is 431 g/mol. The summed E-state index contributed by atoms with van der Waals surface area (Å²) in [4.78, 5) is 27.2. The van der Waals surface area contributed by atoms with Crippen LogP contribution in [-0.2, 0) is 0 Å². The fourth-order valence-corrected chi connectivity index (χ4v) is 3.01. The van der Waals surface area contributed by atoms with Crippen LogP contribution in [-0.4, -0.2) is 39.0 Å². The van der Waals surface area contributed by atoms with Gasteiger partial charge in [-0.1, -0.05) is 25.5 Å². The summed E-state index contributed by atoms with van der Waals surface area (Å²) in [6.45, 7) is 6.29. The first-order chi connectivity index (χ1) is 14.9. The number of aromatic nitrogens is 4. The van der Waals surface area contributed by atoms with E-state index in [1.54, 1.807) is 19.1 Å². The first kappa shape index (κ1) is 22.1. The Balaban J connectivity index is 2.00. The van der Waals surface area contributed by atoms with Crippen molar-refractivity contribution in [1.29, 1.82) is 0 Å². The minimum Gasteiger partial charge on any atom is -0.491 e. The molecule has 1 heterocycles. The van der Waals surface area contributed by atoms with Crippen molar-refractivity contribution in [2.45, 2.75) is 33.6 Å². The van der Waals surface area contributed by atoms with Crippen LogP contribution in [0.2, 0.25) is 0 Å². The van der Waals surface area contributed by atoms with Gasteiger partial charge in [-0.15, -0.1) is 4.68 Å². The Hall–Kier alpha value is -3.56. The predicted octanol–water partition coefficient (Wildman–Crippen LogP) is 3.69. The number of unbranched alkanes of at least 4 members (excludes halogenated alkanes) is 1. The van der Waals surface area contributed by atoms with Crippen molar-refractivity contribution in [3.63, 3.8) is 0 Å². The van der Waals surface area contributed by atoms with Gasteiger partial charge in [0.15, 0.2) is 11.6 Å².